The van der Waals surface area contributed by atoms with E-state index in [1.165, 1.54) is 30.6 Å². The molecule has 2 aromatic heterocycles. The highest BCUT2D eigenvalue weighted by Gasteiger charge is 2.44. The average Bonchev–Trinajstić information content (AvgIpc) is 3.91. The van der Waals surface area contributed by atoms with Crippen molar-refractivity contribution in [2.45, 2.75) is 31.5 Å². The number of hydrogen-bond acceptors (Lipinski definition) is 10. The topological polar surface area (TPSA) is 197 Å². The van der Waals surface area contributed by atoms with Gasteiger partial charge in [-0.25, -0.2) is 18.2 Å². The Morgan fingerprint density at radius 2 is 1.62 bits per heavy atom. The molecule has 2 fully saturated rings. The quantitative estimate of drug-likeness (QED) is 0.0928. The first kappa shape index (κ1) is 38.3. The maximum absolute atomic E-state index is 15.6. The Bertz CT molecular complexity index is 2650. The lowest BCUT2D eigenvalue weighted by Gasteiger charge is -2.27. The van der Waals surface area contributed by atoms with Crippen LogP contribution in [0.15, 0.2) is 73.1 Å². The van der Waals surface area contributed by atoms with Crippen LogP contribution in [0.3, 0.4) is 0 Å². The number of nitrogens with zero attached hydrogens (tertiary/aromatic N) is 3. The molecule has 58 heavy (non-hydrogen) atoms. The lowest BCUT2D eigenvalue weighted by Crippen LogP contribution is -2.54. The number of rotatable bonds is 12. The molecule has 0 saturated carbocycles. The van der Waals surface area contributed by atoms with E-state index in [2.05, 4.69) is 15.3 Å². The van der Waals surface area contributed by atoms with E-state index in [0.717, 1.165) is 21.3 Å². The van der Waals surface area contributed by atoms with E-state index in [9.17, 15) is 36.8 Å². The van der Waals surface area contributed by atoms with E-state index in [1.54, 1.807) is 30.3 Å². The van der Waals surface area contributed by atoms with Crippen molar-refractivity contribution in [1.82, 2.24) is 24.5 Å². The summed E-state index contributed by atoms with van der Waals surface area (Å²) >= 11 is 0. The number of alkyl halides is 1. The zero-order chi connectivity index (χ0) is 40.9. The number of halogens is 3. The Morgan fingerprint density at radius 1 is 0.897 bits per heavy atom. The number of aromatic nitrogens is 2. The summed E-state index contributed by atoms with van der Waals surface area (Å²) < 4.78 is 84.1. The summed E-state index contributed by atoms with van der Waals surface area (Å²) in [5, 5.41) is 2.40. The fraction of sp³-hybridized carbons (Fsp3) is 0.231. The fourth-order valence-corrected chi connectivity index (χ4v) is 8.30. The fourth-order valence-electron chi connectivity index (χ4n) is 7.04. The number of ketones is 1. The number of anilines is 1. The Balaban J connectivity index is 0.907. The minimum atomic E-state index is -4.38. The predicted octanol–water partition coefficient (Wildman–Crippen LogP) is 4.30. The van der Waals surface area contributed by atoms with Crippen molar-refractivity contribution >= 4 is 56.3 Å². The average molecular weight is 817 g/mol. The number of aromatic amines is 1. The molecular formula is C39H31F3N6O9S. The van der Waals surface area contributed by atoms with Gasteiger partial charge in [0.25, 0.3) is 11.8 Å². The number of carbonyl (C=O) groups is 5. The van der Waals surface area contributed by atoms with Crippen LogP contribution in [0.4, 0.5) is 18.9 Å². The zero-order valence-electron chi connectivity index (χ0n) is 30.1. The normalized spacial score (nSPS) is 18.4. The van der Waals surface area contributed by atoms with E-state index in [-0.39, 0.29) is 66.7 Å². The van der Waals surface area contributed by atoms with E-state index in [0.29, 0.717) is 22.6 Å². The molecular weight excluding hydrogens is 786 g/mol. The van der Waals surface area contributed by atoms with Crippen LogP contribution in [0.25, 0.3) is 22.2 Å². The number of hydrogen-bond donors (Lipinski definition) is 3. The highest BCUT2D eigenvalue weighted by Crippen LogP contribution is 2.32. The molecule has 5 heterocycles. The summed E-state index contributed by atoms with van der Waals surface area (Å²) in [7, 11) is -4.38. The number of amides is 4. The first-order valence-electron chi connectivity index (χ1n) is 17.9. The van der Waals surface area contributed by atoms with Gasteiger partial charge in [0.2, 0.25) is 17.6 Å². The molecule has 3 N–H and O–H groups in total. The Kier molecular flexibility index (Phi) is 9.93. The zero-order valence-corrected chi connectivity index (χ0v) is 30.9. The molecule has 298 valence electrons. The summed E-state index contributed by atoms with van der Waals surface area (Å²) in [4.78, 5) is 71.5. The van der Waals surface area contributed by atoms with Crippen molar-refractivity contribution in [3.05, 3.63) is 107 Å². The van der Waals surface area contributed by atoms with E-state index in [4.69, 9.17) is 9.47 Å². The number of carbonyl (C=O) groups excluding carboxylic acids is 5. The number of nitrogens with one attached hydrogen (secondary N) is 3. The second-order valence-electron chi connectivity index (χ2n) is 13.7. The van der Waals surface area contributed by atoms with Gasteiger partial charge in [-0.3, -0.25) is 38.9 Å². The van der Waals surface area contributed by atoms with Gasteiger partial charge in [0.05, 0.1) is 22.4 Å². The third kappa shape index (κ3) is 7.13. The molecule has 0 radical (unpaired) electrons. The molecule has 19 heteroatoms. The van der Waals surface area contributed by atoms with Gasteiger partial charge >= 0.3 is 10.2 Å². The van der Waals surface area contributed by atoms with E-state index < -0.39 is 81.3 Å². The van der Waals surface area contributed by atoms with Crippen LogP contribution in [-0.2, 0) is 19.8 Å². The number of fused-ring (bicyclic) bond motifs is 2. The second kappa shape index (κ2) is 15.1. The Labute approximate surface area is 327 Å². The molecule has 5 aromatic rings. The molecule has 8 rings (SSSR count). The molecule has 0 bridgehead atoms. The minimum absolute atomic E-state index is 0.0109. The summed E-state index contributed by atoms with van der Waals surface area (Å²) in [5.41, 5.74) is -0.101. The van der Waals surface area contributed by atoms with Crippen LogP contribution < -0.4 is 19.5 Å². The molecule has 0 spiro atoms. The second-order valence-corrected chi connectivity index (χ2v) is 15.3. The van der Waals surface area contributed by atoms with Gasteiger partial charge < -0.3 is 14.5 Å². The molecule has 1 unspecified atom stereocenters. The smallest absolute Gasteiger partial charge is 0.301 e. The van der Waals surface area contributed by atoms with Crippen molar-refractivity contribution in [2.24, 2.45) is 0 Å². The summed E-state index contributed by atoms with van der Waals surface area (Å²) in [6.07, 6.45) is 1.45. The predicted molar refractivity (Wildman–Crippen MR) is 199 cm³/mol. The third-order valence-electron chi connectivity index (χ3n) is 9.99. The summed E-state index contributed by atoms with van der Waals surface area (Å²) in [6, 6.07) is 13.3. The van der Waals surface area contributed by atoms with E-state index >= 15 is 8.78 Å². The van der Waals surface area contributed by atoms with Crippen molar-refractivity contribution in [3.8, 4) is 22.6 Å². The first-order valence-corrected chi connectivity index (χ1v) is 19.4. The van der Waals surface area contributed by atoms with Crippen LogP contribution in [-0.4, -0.2) is 95.5 Å². The number of imide groups is 2. The Morgan fingerprint density at radius 3 is 2.34 bits per heavy atom. The molecule has 3 aliphatic rings. The molecule has 2 atom stereocenters. The highest BCUT2D eigenvalue weighted by molar-refractivity contribution is 7.90. The maximum Gasteiger partial charge on any atom is 0.301 e. The SMILES string of the molecule is O=C1CCC(N2C(=O)c3ccc(OCCOc4ccc(-c5cnc6[nH]cc(C(=O)c7c(F)ccc(NS(=O)(=O)N8CC[C@@H](F)C8)c7F)c6c5)cc4)cc3C2=O)C(=O)N1. The lowest BCUT2D eigenvalue weighted by atomic mass is 10.00. The summed E-state index contributed by atoms with van der Waals surface area (Å²) in [5.74, 6) is -5.38. The Hall–Kier alpha value is -6.60. The molecule has 3 aromatic carbocycles. The number of benzene rings is 3. The van der Waals surface area contributed by atoms with Gasteiger partial charge in [0, 0.05) is 48.4 Å². The van der Waals surface area contributed by atoms with Crippen molar-refractivity contribution in [2.75, 3.05) is 31.0 Å². The van der Waals surface area contributed by atoms with Gasteiger partial charge in [0.1, 0.15) is 48.4 Å². The number of pyridine rings is 1. The first-order chi connectivity index (χ1) is 27.8. The van der Waals surface area contributed by atoms with Gasteiger partial charge in [-0.15, -0.1) is 0 Å². The largest absolute Gasteiger partial charge is 0.490 e. The monoisotopic (exact) mass is 816 g/mol. The van der Waals surface area contributed by atoms with Crippen molar-refractivity contribution in [3.63, 3.8) is 0 Å². The van der Waals surface area contributed by atoms with E-state index in [1.807, 2.05) is 4.72 Å². The third-order valence-corrected chi connectivity index (χ3v) is 11.5. The number of H-pyrrole nitrogens is 1. The van der Waals surface area contributed by atoms with Gasteiger partial charge in [-0.1, -0.05) is 12.1 Å². The van der Waals surface area contributed by atoms with Crippen molar-refractivity contribution < 1.29 is 55.0 Å². The molecule has 0 aliphatic carbocycles. The number of ether oxygens (including phenoxy) is 2. The van der Waals surface area contributed by atoms with Gasteiger partial charge in [-0.2, -0.15) is 12.7 Å². The van der Waals surface area contributed by atoms with Crippen LogP contribution in [0.1, 0.15) is 55.9 Å². The molecule has 15 nitrogen and oxygen atoms in total. The number of piperidine rings is 1. The van der Waals surface area contributed by atoms with Gasteiger partial charge in [0.15, 0.2) is 5.82 Å². The van der Waals surface area contributed by atoms with Crippen LogP contribution in [0.2, 0.25) is 0 Å². The van der Waals surface area contributed by atoms with Crippen LogP contribution in [0, 0.1) is 11.6 Å². The summed E-state index contributed by atoms with van der Waals surface area (Å²) in [6.45, 7) is -0.367. The van der Waals surface area contributed by atoms with Gasteiger partial charge in [-0.05, 0) is 66.9 Å². The standard InChI is InChI=1S/C39H31F3N6O9S/c40-22-11-12-47(19-22)58(54,55)46-30-8-7-29(41)33(34(30)42)35(50)28-18-44-36-26(28)15-21(17-43-36)20-1-3-23(4-2-20)56-13-14-57-24-5-6-25-27(16-24)39(53)48(38(25)52)31-9-10-32(49)45-37(31)51/h1-8,15-18,22,31,46H,9-14,19H2,(H,43,44)(H,45,49,51)/t22-,31?/m1/s1. The van der Waals surface area contributed by atoms with Crippen molar-refractivity contribution in [1.29, 1.82) is 0 Å². The maximum atomic E-state index is 15.6. The highest BCUT2D eigenvalue weighted by atomic mass is 32.2. The molecule has 3 aliphatic heterocycles. The molecule has 4 amide bonds. The van der Waals surface area contributed by atoms with Crippen LogP contribution in [0.5, 0.6) is 11.5 Å². The lowest BCUT2D eigenvalue weighted by molar-refractivity contribution is -0.136. The molecule has 2 saturated heterocycles. The van der Waals surface area contributed by atoms with Crippen LogP contribution >= 0.6 is 0 Å². The minimum Gasteiger partial charge on any atom is -0.490 e.